The fourth-order valence-corrected chi connectivity index (χ4v) is 1.82. The second-order valence-electron chi connectivity index (χ2n) is 4.02. The van der Waals surface area contributed by atoms with Crippen molar-refractivity contribution in [2.24, 2.45) is 5.73 Å². The molecule has 0 aliphatic heterocycles. The van der Waals surface area contributed by atoms with Crippen molar-refractivity contribution in [3.63, 3.8) is 0 Å². The Morgan fingerprint density at radius 2 is 1.89 bits per heavy atom. The zero-order valence-corrected chi connectivity index (χ0v) is 9.95. The molecule has 0 spiro atoms. The normalized spacial score (nSPS) is 12.2. The van der Waals surface area contributed by atoms with Gasteiger partial charge in [0, 0.05) is 24.4 Å². The number of halogens is 2. The van der Waals surface area contributed by atoms with Gasteiger partial charge < -0.3 is 11.1 Å². The van der Waals surface area contributed by atoms with Crippen molar-refractivity contribution in [3.8, 4) is 0 Å². The van der Waals surface area contributed by atoms with Crippen LogP contribution in [0, 0.1) is 11.6 Å². The van der Waals surface area contributed by atoms with E-state index in [4.69, 9.17) is 5.73 Å². The van der Waals surface area contributed by atoms with Crippen LogP contribution in [0.1, 0.15) is 17.2 Å². The van der Waals surface area contributed by atoms with E-state index in [1.54, 1.807) is 7.05 Å². The number of hydrogen-bond acceptors (Lipinski definition) is 2. The molecule has 2 nitrogen and oxygen atoms in total. The average molecular weight is 248 g/mol. The first-order valence-electron chi connectivity index (χ1n) is 5.60. The summed E-state index contributed by atoms with van der Waals surface area (Å²) in [6.07, 6.45) is 0. The molecule has 2 rings (SSSR count). The molecule has 3 N–H and O–H groups in total. The number of nitrogens with two attached hydrogens (primary N) is 1. The molecular formula is C14H14F2N2. The lowest BCUT2D eigenvalue weighted by Gasteiger charge is -2.14. The summed E-state index contributed by atoms with van der Waals surface area (Å²) in [6.45, 7) is 0. The summed E-state index contributed by atoms with van der Waals surface area (Å²) in [4.78, 5) is 0. The first-order chi connectivity index (χ1) is 8.61. The largest absolute Gasteiger partial charge is 0.388 e. The molecule has 0 saturated carbocycles. The maximum absolute atomic E-state index is 13.6. The van der Waals surface area contributed by atoms with E-state index in [0.717, 1.165) is 17.3 Å². The van der Waals surface area contributed by atoms with Gasteiger partial charge in [0.2, 0.25) is 0 Å². The Kier molecular flexibility index (Phi) is 3.58. The van der Waals surface area contributed by atoms with Gasteiger partial charge in [-0.2, -0.15) is 0 Å². The zero-order valence-electron chi connectivity index (χ0n) is 9.95. The van der Waals surface area contributed by atoms with Crippen molar-refractivity contribution < 1.29 is 8.78 Å². The van der Waals surface area contributed by atoms with E-state index in [-0.39, 0.29) is 5.56 Å². The molecule has 2 aromatic rings. The monoisotopic (exact) mass is 248 g/mol. The quantitative estimate of drug-likeness (QED) is 0.876. The number of nitrogens with one attached hydrogen (secondary N) is 1. The molecule has 94 valence electrons. The van der Waals surface area contributed by atoms with Crippen molar-refractivity contribution in [2.75, 3.05) is 12.4 Å². The molecule has 0 aliphatic rings. The Bertz CT molecular complexity index is 555. The van der Waals surface area contributed by atoms with Gasteiger partial charge in [0.1, 0.15) is 11.6 Å². The van der Waals surface area contributed by atoms with Crippen LogP contribution in [0.3, 0.4) is 0 Å². The molecule has 2 aromatic carbocycles. The molecule has 0 amide bonds. The molecule has 1 unspecified atom stereocenters. The van der Waals surface area contributed by atoms with E-state index >= 15 is 0 Å². The summed E-state index contributed by atoms with van der Waals surface area (Å²) in [5.74, 6) is -1.23. The van der Waals surface area contributed by atoms with E-state index in [0.29, 0.717) is 0 Å². The van der Waals surface area contributed by atoms with Crippen LogP contribution in [0.5, 0.6) is 0 Å². The fourth-order valence-electron chi connectivity index (χ4n) is 1.82. The molecule has 0 saturated heterocycles. The second-order valence-corrected chi connectivity index (χ2v) is 4.02. The highest BCUT2D eigenvalue weighted by atomic mass is 19.1. The van der Waals surface area contributed by atoms with Gasteiger partial charge in [0.15, 0.2) is 0 Å². The van der Waals surface area contributed by atoms with Crippen molar-refractivity contribution in [2.45, 2.75) is 6.04 Å². The highest BCUT2D eigenvalue weighted by Crippen LogP contribution is 2.24. The first kappa shape index (κ1) is 12.5. The van der Waals surface area contributed by atoms with Crippen LogP contribution in [0.2, 0.25) is 0 Å². The van der Waals surface area contributed by atoms with E-state index < -0.39 is 17.7 Å². The van der Waals surface area contributed by atoms with Gasteiger partial charge in [-0.1, -0.05) is 18.2 Å². The van der Waals surface area contributed by atoms with Crippen LogP contribution in [0.25, 0.3) is 0 Å². The fraction of sp³-hybridized carbons (Fsp3) is 0.143. The molecule has 0 aromatic heterocycles. The lowest BCUT2D eigenvalue weighted by molar-refractivity contribution is 0.566. The van der Waals surface area contributed by atoms with Gasteiger partial charge in [-0.15, -0.1) is 0 Å². The highest BCUT2D eigenvalue weighted by molar-refractivity contribution is 5.47. The van der Waals surface area contributed by atoms with E-state index in [1.165, 1.54) is 12.1 Å². The van der Waals surface area contributed by atoms with Crippen LogP contribution in [-0.4, -0.2) is 7.05 Å². The number of anilines is 1. The molecule has 0 radical (unpaired) electrons. The Hall–Kier alpha value is -1.94. The van der Waals surface area contributed by atoms with Crippen molar-refractivity contribution in [3.05, 3.63) is 65.2 Å². The van der Waals surface area contributed by atoms with Gasteiger partial charge in [0.25, 0.3) is 0 Å². The smallest absolute Gasteiger partial charge is 0.131 e. The average Bonchev–Trinajstić information content (AvgIpc) is 2.38. The lowest BCUT2D eigenvalue weighted by Crippen LogP contribution is -2.14. The van der Waals surface area contributed by atoms with Crippen LogP contribution in [0.15, 0.2) is 42.5 Å². The maximum atomic E-state index is 13.6. The van der Waals surface area contributed by atoms with E-state index in [1.807, 2.05) is 24.3 Å². The molecular weight excluding hydrogens is 234 g/mol. The summed E-state index contributed by atoms with van der Waals surface area (Å²) < 4.78 is 26.5. The third-order valence-electron chi connectivity index (χ3n) is 2.83. The molecule has 1 atom stereocenters. The third-order valence-corrected chi connectivity index (χ3v) is 2.83. The summed E-state index contributed by atoms with van der Waals surface area (Å²) in [6, 6.07) is 10.2. The Morgan fingerprint density at radius 1 is 1.11 bits per heavy atom. The predicted octanol–water partition coefficient (Wildman–Crippen LogP) is 3.05. The minimum Gasteiger partial charge on any atom is -0.388 e. The van der Waals surface area contributed by atoms with E-state index in [2.05, 4.69) is 5.32 Å². The van der Waals surface area contributed by atoms with Crippen molar-refractivity contribution in [1.82, 2.24) is 0 Å². The molecule has 18 heavy (non-hydrogen) atoms. The summed E-state index contributed by atoms with van der Waals surface area (Å²) >= 11 is 0. The first-order valence-corrected chi connectivity index (χ1v) is 5.60. The number of benzene rings is 2. The molecule has 0 aliphatic carbocycles. The van der Waals surface area contributed by atoms with Gasteiger partial charge >= 0.3 is 0 Å². The predicted molar refractivity (Wildman–Crippen MR) is 68.4 cm³/mol. The van der Waals surface area contributed by atoms with Crippen LogP contribution < -0.4 is 11.1 Å². The van der Waals surface area contributed by atoms with Crippen molar-refractivity contribution in [1.29, 1.82) is 0 Å². The SMILES string of the molecule is CNc1cccc(C(N)c2ccc(F)cc2F)c1. The van der Waals surface area contributed by atoms with Crippen molar-refractivity contribution >= 4 is 5.69 Å². The zero-order chi connectivity index (χ0) is 13.1. The minimum atomic E-state index is -0.627. The summed E-state index contributed by atoms with van der Waals surface area (Å²) in [5, 5.41) is 2.99. The van der Waals surface area contributed by atoms with Gasteiger partial charge in [-0.3, -0.25) is 0 Å². The highest BCUT2D eigenvalue weighted by Gasteiger charge is 2.14. The van der Waals surface area contributed by atoms with Gasteiger partial charge in [-0.25, -0.2) is 8.78 Å². The number of hydrogen-bond donors (Lipinski definition) is 2. The molecule has 4 heteroatoms. The number of rotatable bonds is 3. The van der Waals surface area contributed by atoms with Crippen LogP contribution in [0.4, 0.5) is 14.5 Å². The Morgan fingerprint density at radius 3 is 2.56 bits per heavy atom. The standard InChI is InChI=1S/C14H14F2N2/c1-18-11-4-2-3-9(7-11)14(17)12-6-5-10(15)8-13(12)16/h2-8,14,18H,17H2,1H3. The van der Waals surface area contributed by atoms with E-state index in [9.17, 15) is 8.78 Å². The molecule has 0 heterocycles. The second kappa shape index (κ2) is 5.14. The Labute approximate surface area is 104 Å². The van der Waals surface area contributed by atoms with Gasteiger partial charge in [-0.05, 0) is 23.8 Å². The van der Waals surface area contributed by atoms with Crippen LogP contribution >= 0.6 is 0 Å². The summed E-state index contributed by atoms with van der Waals surface area (Å²) in [5.41, 5.74) is 7.95. The molecule has 0 fully saturated rings. The van der Waals surface area contributed by atoms with Crippen LogP contribution in [-0.2, 0) is 0 Å². The third kappa shape index (κ3) is 2.49. The topological polar surface area (TPSA) is 38.0 Å². The molecule has 0 bridgehead atoms. The Balaban J connectivity index is 2.37. The minimum absolute atomic E-state index is 0.282. The summed E-state index contributed by atoms with van der Waals surface area (Å²) in [7, 11) is 1.79. The lowest BCUT2D eigenvalue weighted by atomic mass is 9.98. The maximum Gasteiger partial charge on any atom is 0.131 e. The van der Waals surface area contributed by atoms with Gasteiger partial charge in [0.05, 0.1) is 6.04 Å².